The molecule has 0 fully saturated rings. The summed E-state index contributed by atoms with van der Waals surface area (Å²) in [6.07, 6.45) is 0. The zero-order valence-corrected chi connectivity index (χ0v) is 11.2. The second-order valence-corrected chi connectivity index (χ2v) is 4.80. The molecule has 5 nitrogen and oxygen atoms in total. The molecule has 0 saturated carbocycles. The van der Waals surface area contributed by atoms with Crippen molar-refractivity contribution in [2.75, 3.05) is 12.4 Å². The molecule has 18 heavy (non-hydrogen) atoms. The largest absolute Gasteiger partial charge is 0.480 e. The molecule has 2 amide bonds. The third-order valence-corrected chi connectivity index (χ3v) is 2.98. The second-order valence-electron chi connectivity index (χ2n) is 4.36. The third kappa shape index (κ3) is 3.13. The lowest BCUT2D eigenvalue weighted by molar-refractivity contribution is -0.146. The normalized spacial score (nSPS) is 10.9. The van der Waals surface area contributed by atoms with Gasteiger partial charge in [0.15, 0.2) is 0 Å². The molecule has 0 aromatic heterocycles. The van der Waals surface area contributed by atoms with E-state index in [1.54, 1.807) is 24.3 Å². The summed E-state index contributed by atoms with van der Waals surface area (Å²) in [7, 11) is 1.42. The Morgan fingerprint density at radius 3 is 2.50 bits per heavy atom. The molecule has 0 heterocycles. The van der Waals surface area contributed by atoms with Gasteiger partial charge in [0.05, 0.1) is 0 Å². The number of amides is 2. The average molecular weight is 271 g/mol. The van der Waals surface area contributed by atoms with Crippen LogP contribution in [-0.4, -0.2) is 34.6 Å². The third-order valence-electron chi connectivity index (χ3n) is 2.74. The maximum atomic E-state index is 11.9. The number of carboxylic acid groups (broad SMARTS) is 1. The lowest BCUT2D eigenvalue weighted by Gasteiger charge is -2.31. The summed E-state index contributed by atoms with van der Waals surface area (Å²) in [6.45, 7) is 2.90. The molecule has 0 spiro atoms. The van der Waals surface area contributed by atoms with Gasteiger partial charge in [0.1, 0.15) is 5.54 Å². The first-order valence-electron chi connectivity index (χ1n) is 5.29. The fourth-order valence-electron chi connectivity index (χ4n) is 1.17. The molecule has 0 unspecified atom stereocenters. The Morgan fingerprint density at radius 2 is 2.00 bits per heavy atom. The molecule has 1 rings (SSSR count). The van der Waals surface area contributed by atoms with E-state index in [1.807, 2.05) is 0 Å². The number of nitrogens with zero attached hydrogens (tertiary/aromatic N) is 1. The number of aliphatic carboxylic acids is 1. The summed E-state index contributed by atoms with van der Waals surface area (Å²) in [5, 5.41) is 12.1. The van der Waals surface area contributed by atoms with Crippen molar-refractivity contribution in [2.45, 2.75) is 19.4 Å². The number of carbonyl (C=O) groups is 2. The van der Waals surface area contributed by atoms with E-state index in [2.05, 4.69) is 5.32 Å². The minimum Gasteiger partial charge on any atom is -0.480 e. The van der Waals surface area contributed by atoms with Crippen LogP contribution in [0.4, 0.5) is 10.5 Å². The van der Waals surface area contributed by atoms with Crippen LogP contribution in [0.15, 0.2) is 24.3 Å². The molecule has 6 heteroatoms. The minimum absolute atomic E-state index is 0.493. The first-order chi connectivity index (χ1) is 8.25. The maximum Gasteiger partial charge on any atom is 0.329 e. The second kappa shape index (κ2) is 5.27. The lowest BCUT2D eigenvalue weighted by Crippen LogP contribution is -2.52. The van der Waals surface area contributed by atoms with Crippen LogP contribution in [-0.2, 0) is 4.79 Å². The van der Waals surface area contributed by atoms with E-state index in [0.717, 1.165) is 4.90 Å². The number of urea groups is 1. The summed E-state index contributed by atoms with van der Waals surface area (Å²) >= 11 is 5.79. The molecule has 0 radical (unpaired) electrons. The van der Waals surface area contributed by atoms with E-state index < -0.39 is 17.5 Å². The van der Waals surface area contributed by atoms with Crippen molar-refractivity contribution in [1.29, 1.82) is 0 Å². The van der Waals surface area contributed by atoms with Gasteiger partial charge in [-0.1, -0.05) is 17.7 Å². The summed E-state index contributed by atoms with van der Waals surface area (Å²) in [5.74, 6) is -1.08. The number of likely N-dealkylation sites (N-methyl/N-ethyl adjacent to an activating group) is 1. The van der Waals surface area contributed by atoms with E-state index in [0.29, 0.717) is 10.7 Å². The van der Waals surface area contributed by atoms with Crippen molar-refractivity contribution in [2.24, 2.45) is 0 Å². The number of nitrogens with one attached hydrogen (secondary N) is 1. The maximum absolute atomic E-state index is 11.9. The van der Waals surface area contributed by atoms with Gasteiger partial charge in [-0.3, -0.25) is 0 Å². The first-order valence-corrected chi connectivity index (χ1v) is 5.66. The fourth-order valence-corrected chi connectivity index (χ4v) is 1.36. The highest BCUT2D eigenvalue weighted by Crippen LogP contribution is 2.18. The number of anilines is 1. The number of carbonyl (C=O) groups excluding carboxylic acids is 1. The molecule has 0 atom stereocenters. The van der Waals surface area contributed by atoms with Gasteiger partial charge < -0.3 is 15.3 Å². The van der Waals surface area contributed by atoms with Gasteiger partial charge >= 0.3 is 12.0 Å². The fraction of sp³-hybridized carbons (Fsp3) is 0.333. The highest BCUT2D eigenvalue weighted by Gasteiger charge is 2.35. The lowest BCUT2D eigenvalue weighted by atomic mass is 10.1. The van der Waals surface area contributed by atoms with Crippen molar-refractivity contribution < 1.29 is 14.7 Å². The molecule has 0 bridgehead atoms. The van der Waals surface area contributed by atoms with E-state index >= 15 is 0 Å². The SMILES string of the molecule is CN(C(=O)Nc1cccc(Cl)c1)C(C)(C)C(=O)O. The van der Waals surface area contributed by atoms with Crippen LogP contribution in [0.3, 0.4) is 0 Å². The summed E-state index contributed by atoms with van der Waals surface area (Å²) < 4.78 is 0. The molecular weight excluding hydrogens is 256 g/mol. The molecule has 0 saturated heterocycles. The van der Waals surface area contributed by atoms with Gasteiger partial charge in [-0.25, -0.2) is 9.59 Å². The highest BCUT2D eigenvalue weighted by atomic mass is 35.5. The molecule has 1 aromatic rings. The highest BCUT2D eigenvalue weighted by molar-refractivity contribution is 6.30. The summed E-state index contributed by atoms with van der Waals surface area (Å²) in [4.78, 5) is 24.0. The van der Waals surface area contributed by atoms with Crippen molar-refractivity contribution in [1.82, 2.24) is 4.90 Å². The quantitative estimate of drug-likeness (QED) is 0.887. The van der Waals surface area contributed by atoms with E-state index in [4.69, 9.17) is 16.7 Å². The predicted octanol–water partition coefficient (Wildman–Crippen LogP) is 2.67. The van der Waals surface area contributed by atoms with E-state index in [-0.39, 0.29) is 0 Å². The van der Waals surface area contributed by atoms with Gasteiger partial charge in [-0.2, -0.15) is 0 Å². The van der Waals surface area contributed by atoms with Gasteiger partial charge in [0.2, 0.25) is 0 Å². The Labute approximate surface area is 110 Å². The van der Waals surface area contributed by atoms with Crippen molar-refractivity contribution >= 4 is 29.3 Å². The number of halogens is 1. The van der Waals surface area contributed by atoms with Crippen molar-refractivity contribution in [3.05, 3.63) is 29.3 Å². The molecule has 1 aromatic carbocycles. The molecule has 0 aliphatic heterocycles. The van der Waals surface area contributed by atoms with Crippen LogP contribution in [0.2, 0.25) is 5.02 Å². The van der Waals surface area contributed by atoms with Crippen LogP contribution in [0.25, 0.3) is 0 Å². The Morgan fingerprint density at radius 1 is 1.39 bits per heavy atom. The van der Waals surface area contributed by atoms with Crippen molar-refractivity contribution in [3.8, 4) is 0 Å². The molecule has 2 N–H and O–H groups in total. The Kier molecular flexibility index (Phi) is 4.19. The standard InChI is InChI=1S/C12H15ClN2O3/c1-12(2,10(16)17)15(3)11(18)14-9-6-4-5-8(13)7-9/h4-7H,1-3H3,(H,14,18)(H,16,17). The number of hydrogen-bond acceptors (Lipinski definition) is 2. The van der Waals surface area contributed by atoms with Gasteiger partial charge in [-0.05, 0) is 32.0 Å². The number of benzene rings is 1. The molecule has 98 valence electrons. The van der Waals surface area contributed by atoms with E-state index in [1.165, 1.54) is 20.9 Å². The number of hydrogen-bond donors (Lipinski definition) is 2. The van der Waals surface area contributed by atoms with Crippen LogP contribution < -0.4 is 5.32 Å². The Bertz CT molecular complexity index is 474. The Hall–Kier alpha value is -1.75. The summed E-state index contributed by atoms with van der Waals surface area (Å²) in [6, 6.07) is 6.12. The molecule has 0 aliphatic rings. The van der Waals surface area contributed by atoms with Crippen LogP contribution in [0, 0.1) is 0 Å². The average Bonchev–Trinajstić information content (AvgIpc) is 2.27. The van der Waals surface area contributed by atoms with Gasteiger partial charge in [0.25, 0.3) is 0 Å². The predicted molar refractivity (Wildman–Crippen MR) is 69.9 cm³/mol. The monoisotopic (exact) mass is 270 g/mol. The van der Waals surface area contributed by atoms with Crippen LogP contribution in [0.1, 0.15) is 13.8 Å². The van der Waals surface area contributed by atoms with Gasteiger partial charge in [0, 0.05) is 17.8 Å². The van der Waals surface area contributed by atoms with Gasteiger partial charge in [-0.15, -0.1) is 0 Å². The van der Waals surface area contributed by atoms with Crippen LogP contribution in [0.5, 0.6) is 0 Å². The first kappa shape index (κ1) is 14.3. The zero-order chi connectivity index (χ0) is 13.9. The van der Waals surface area contributed by atoms with Crippen LogP contribution >= 0.6 is 11.6 Å². The van der Waals surface area contributed by atoms with E-state index in [9.17, 15) is 9.59 Å². The smallest absolute Gasteiger partial charge is 0.329 e. The minimum atomic E-state index is -1.29. The zero-order valence-electron chi connectivity index (χ0n) is 10.4. The Balaban J connectivity index is 2.80. The molecular formula is C12H15ClN2O3. The topological polar surface area (TPSA) is 69.6 Å². The number of carboxylic acids is 1. The molecule has 0 aliphatic carbocycles. The summed E-state index contributed by atoms with van der Waals surface area (Å²) in [5.41, 5.74) is -0.775. The van der Waals surface area contributed by atoms with Crippen molar-refractivity contribution in [3.63, 3.8) is 0 Å². The number of rotatable bonds is 3.